The number of nitrogens with two attached hydrogens (primary N) is 1. The van der Waals surface area contributed by atoms with E-state index in [1.54, 1.807) is 0 Å². The van der Waals surface area contributed by atoms with Crippen molar-refractivity contribution < 1.29 is 4.74 Å². The van der Waals surface area contributed by atoms with E-state index in [0.717, 1.165) is 11.3 Å². The van der Waals surface area contributed by atoms with Gasteiger partial charge in [-0.1, -0.05) is 23.7 Å². The van der Waals surface area contributed by atoms with Crippen molar-refractivity contribution in [2.75, 3.05) is 0 Å². The topological polar surface area (TPSA) is 35.2 Å². The number of halogens is 1. The van der Waals surface area contributed by atoms with Gasteiger partial charge in [0.2, 0.25) is 0 Å². The zero-order valence-electron chi connectivity index (χ0n) is 11.4. The third kappa shape index (κ3) is 3.49. The van der Waals surface area contributed by atoms with Crippen molar-refractivity contribution >= 4 is 11.6 Å². The van der Waals surface area contributed by atoms with Gasteiger partial charge in [-0.2, -0.15) is 0 Å². The zero-order chi connectivity index (χ0) is 14.0. The van der Waals surface area contributed by atoms with Gasteiger partial charge < -0.3 is 10.5 Å². The highest BCUT2D eigenvalue weighted by Crippen LogP contribution is 2.32. The number of hydrogen-bond donors (Lipinski definition) is 1. The number of ether oxygens (including phenoxy) is 1. The molecule has 0 spiro atoms. The maximum atomic E-state index is 6.22. The number of rotatable bonds is 3. The number of hydrogen-bond acceptors (Lipinski definition) is 2. The summed E-state index contributed by atoms with van der Waals surface area (Å²) < 4.78 is 5.83. The lowest BCUT2D eigenvalue weighted by molar-refractivity contribution is 0.481. The van der Waals surface area contributed by atoms with Crippen LogP contribution < -0.4 is 10.5 Å². The fourth-order valence-electron chi connectivity index (χ4n) is 2.00. The molecular weight excluding hydrogens is 258 g/mol. The molecule has 1 atom stereocenters. The molecule has 0 aliphatic rings. The van der Waals surface area contributed by atoms with E-state index in [-0.39, 0.29) is 6.04 Å². The van der Waals surface area contributed by atoms with Crippen LogP contribution in [0.5, 0.6) is 11.5 Å². The Morgan fingerprint density at radius 1 is 1.05 bits per heavy atom. The van der Waals surface area contributed by atoms with E-state index in [9.17, 15) is 0 Å². The second-order valence-electron chi connectivity index (χ2n) is 4.90. The molecule has 2 aromatic rings. The molecule has 0 saturated heterocycles. The average Bonchev–Trinajstić information content (AvgIpc) is 2.30. The molecule has 2 rings (SSSR count). The van der Waals surface area contributed by atoms with Crippen LogP contribution in [0.25, 0.3) is 0 Å². The smallest absolute Gasteiger partial charge is 0.146 e. The summed E-state index contributed by atoms with van der Waals surface area (Å²) in [6.07, 6.45) is 0. The molecule has 0 aliphatic carbocycles. The first-order valence-corrected chi connectivity index (χ1v) is 6.64. The Hall–Kier alpha value is -1.51. The van der Waals surface area contributed by atoms with Crippen LogP contribution in [0.1, 0.15) is 29.7 Å². The first kappa shape index (κ1) is 13.9. The minimum Gasteiger partial charge on any atom is -0.456 e. The van der Waals surface area contributed by atoms with Gasteiger partial charge in [0.1, 0.15) is 11.5 Å². The largest absolute Gasteiger partial charge is 0.456 e. The van der Waals surface area contributed by atoms with Crippen molar-refractivity contribution in [3.63, 3.8) is 0 Å². The van der Waals surface area contributed by atoms with E-state index in [1.807, 2.05) is 51.1 Å². The van der Waals surface area contributed by atoms with Crippen molar-refractivity contribution in [1.29, 1.82) is 0 Å². The van der Waals surface area contributed by atoms with Gasteiger partial charge in [-0.05, 0) is 61.7 Å². The fraction of sp³-hybridized carbons (Fsp3) is 0.250. The van der Waals surface area contributed by atoms with Crippen molar-refractivity contribution in [3.8, 4) is 11.5 Å². The van der Waals surface area contributed by atoms with Crippen LogP contribution in [-0.4, -0.2) is 0 Å². The number of benzene rings is 2. The highest BCUT2D eigenvalue weighted by atomic mass is 35.5. The van der Waals surface area contributed by atoms with Crippen LogP contribution in [0.15, 0.2) is 36.4 Å². The van der Waals surface area contributed by atoms with Gasteiger partial charge in [-0.25, -0.2) is 0 Å². The summed E-state index contributed by atoms with van der Waals surface area (Å²) in [5.74, 6) is 1.45. The molecule has 0 heterocycles. The lowest BCUT2D eigenvalue weighted by atomic mass is 10.1. The molecule has 3 heteroatoms. The Labute approximate surface area is 119 Å². The Balaban J connectivity index is 2.28. The van der Waals surface area contributed by atoms with Gasteiger partial charge in [0.25, 0.3) is 0 Å². The summed E-state index contributed by atoms with van der Waals surface area (Å²) in [6, 6.07) is 11.7. The molecule has 2 N–H and O–H groups in total. The second-order valence-corrected chi connectivity index (χ2v) is 5.31. The molecule has 0 aromatic heterocycles. The van der Waals surface area contributed by atoms with E-state index in [4.69, 9.17) is 22.1 Å². The maximum absolute atomic E-state index is 6.22. The van der Waals surface area contributed by atoms with Crippen LogP contribution in [-0.2, 0) is 0 Å². The van der Waals surface area contributed by atoms with Crippen LogP contribution in [0, 0.1) is 13.8 Å². The second kappa shape index (κ2) is 5.64. The van der Waals surface area contributed by atoms with Crippen LogP contribution in [0.4, 0.5) is 0 Å². The summed E-state index contributed by atoms with van der Waals surface area (Å²) in [6.45, 7) is 6.01. The van der Waals surface area contributed by atoms with Gasteiger partial charge in [-0.15, -0.1) is 0 Å². The molecule has 0 bridgehead atoms. The predicted molar refractivity (Wildman–Crippen MR) is 80.0 cm³/mol. The Morgan fingerprint density at radius 2 is 1.68 bits per heavy atom. The van der Waals surface area contributed by atoms with Crippen molar-refractivity contribution in [2.24, 2.45) is 5.73 Å². The first-order valence-electron chi connectivity index (χ1n) is 6.27. The molecule has 0 fully saturated rings. The SMILES string of the molecule is Cc1cc(C)cc(Oc2ccc(C(C)N)cc2Cl)c1. The summed E-state index contributed by atoms with van der Waals surface area (Å²) in [4.78, 5) is 0. The lowest BCUT2D eigenvalue weighted by Gasteiger charge is -2.12. The molecule has 1 unspecified atom stereocenters. The van der Waals surface area contributed by atoms with Crippen LogP contribution >= 0.6 is 11.6 Å². The average molecular weight is 276 g/mol. The molecule has 19 heavy (non-hydrogen) atoms. The van der Waals surface area contributed by atoms with Crippen molar-refractivity contribution in [1.82, 2.24) is 0 Å². The summed E-state index contributed by atoms with van der Waals surface area (Å²) in [5.41, 5.74) is 9.15. The standard InChI is InChI=1S/C16H18ClNO/c1-10-6-11(2)8-14(7-10)19-16-5-4-13(12(3)18)9-15(16)17/h4-9,12H,18H2,1-3H3. The molecule has 0 aliphatic heterocycles. The maximum Gasteiger partial charge on any atom is 0.146 e. The van der Waals surface area contributed by atoms with E-state index >= 15 is 0 Å². The van der Waals surface area contributed by atoms with E-state index < -0.39 is 0 Å². The van der Waals surface area contributed by atoms with E-state index in [1.165, 1.54) is 11.1 Å². The first-order chi connectivity index (χ1) is 8.95. The lowest BCUT2D eigenvalue weighted by Crippen LogP contribution is -2.04. The zero-order valence-corrected chi connectivity index (χ0v) is 12.2. The van der Waals surface area contributed by atoms with Gasteiger partial charge in [-0.3, -0.25) is 0 Å². The Morgan fingerprint density at radius 3 is 2.21 bits per heavy atom. The van der Waals surface area contributed by atoms with Crippen molar-refractivity contribution in [3.05, 3.63) is 58.1 Å². The molecule has 100 valence electrons. The van der Waals surface area contributed by atoms with E-state index in [0.29, 0.717) is 10.8 Å². The predicted octanol–water partition coefficient (Wildman–Crippen LogP) is 4.77. The Bertz CT molecular complexity index is 573. The monoisotopic (exact) mass is 275 g/mol. The summed E-state index contributed by atoms with van der Waals surface area (Å²) >= 11 is 6.22. The van der Waals surface area contributed by atoms with Gasteiger partial charge >= 0.3 is 0 Å². The minimum atomic E-state index is -0.0345. The fourth-order valence-corrected chi connectivity index (χ4v) is 2.23. The molecule has 2 nitrogen and oxygen atoms in total. The van der Waals surface area contributed by atoms with E-state index in [2.05, 4.69) is 6.07 Å². The molecule has 0 radical (unpaired) electrons. The highest BCUT2D eigenvalue weighted by Gasteiger charge is 2.07. The Kier molecular flexibility index (Phi) is 4.13. The van der Waals surface area contributed by atoms with Gasteiger partial charge in [0.05, 0.1) is 5.02 Å². The molecular formula is C16H18ClNO. The summed E-state index contributed by atoms with van der Waals surface area (Å²) in [7, 11) is 0. The van der Waals surface area contributed by atoms with Crippen LogP contribution in [0.2, 0.25) is 5.02 Å². The summed E-state index contributed by atoms with van der Waals surface area (Å²) in [5, 5.41) is 0.578. The highest BCUT2D eigenvalue weighted by molar-refractivity contribution is 6.32. The van der Waals surface area contributed by atoms with Gasteiger partial charge in [0.15, 0.2) is 0 Å². The van der Waals surface area contributed by atoms with Crippen LogP contribution in [0.3, 0.4) is 0 Å². The minimum absolute atomic E-state index is 0.0345. The third-order valence-electron chi connectivity index (χ3n) is 2.90. The molecule has 2 aromatic carbocycles. The quantitative estimate of drug-likeness (QED) is 0.876. The molecule has 0 amide bonds. The normalized spacial score (nSPS) is 12.3. The van der Waals surface area contributed by atoms with Gasteiger partial charge in [0, 0.05) is 6.04 Å². The molecule has 0 saturated carbocycles. The van der Waals surface area contributed by atoms with Crippen molar-refractivity contribution in [2.45, 2.75) is 26.8 Å². The number of aryl methyl sites for hydroxylation is 2. The third-order valence-corrected chi connectivity index (χ3v) is 3.20.